The lowest BCUT2D eigenvalue weighted by Gasteiger charge is -2.13. The highest BCUT2D eigenvalue weighted by Gasteiger charge is 2.29. The van der Waals surface area contributed by atoms with Crippen LogP contribution in [0.2, 0.25) is 0 Å². The minimum absolute atomic E-state index is 0.186. The van der Waals surface area contributed by atoms with E-state index in [1.165, 1.54) is 12.1 Å². The van der Waals surface area contributed by atoms with Gasteiger partial charge in [0.2, 0.25) is 5.91 Å². The van der Waals surface area contributed by atoms with Gasteiger partial charge in [-0.25, -0.2) is 14.6 Å². The Kier molecular flexibility index (Phi) is 12.8. The minimum Gasteiger partial charge on any atom is -0.478 e. The van der Waals surface area contributed by atoms with Crippen LogP contribution in [0.15, 0.2) is 48.9 Å². The normalized spacial score (nSPS) is 12.0. The predicted molar refractivity (Wildman–Crippen MR) is 123 cm³/mol. The van der Waals surface area contributed by atoms with Crippen LogP contribution in [-0.2, 0) is 27.0 Å². The Morgan fingerprint density at radius 1 is 1.09 bits per heavy atom. The number of aromatic nitrogens is 2. The number of imidazole rings is 1. The first-order chi connectivity index (χ1) is 16.5. The third-order valence-electron chi connectivity index (χ3n) is 4.60. The van der Waals surface area contributed by atoms with Gasteiger partial charge >= 0.3 is 18.1 Å². The highest BCUT2D eigenvalue weighted by atomic mass is 19.4. The first-order valence-corrected chi connectivity index (χ1v) is 10.8. The Bertz CT molecular complexity index is 929. The number of rotatable bonds is 12. The second-order valence-electron chi connectivity index (χ2n) is 7.56. The van der Waals surface area contributed by atoms with Crippen LogP contribution in [0, 0.1) is 0 Å². The zero-order valence-electron chi connectivity index (χ0n) is 19.1. The first-order valence-electron chi connectivity index (χ1n) is 10.8. The number of nitrogens with one attached hydrogen (secondary N) is 3. The zero-order chi connectivity index (χ0) is 26.3. The third kappa shape index (κ3) is 14.3. The molecule has 9 nitrogen and oxygen atoms in total. The number of hydrogen-bond acceptors (Lipinski definition) is 5. The predicted octanol–water partition coefficient (Wildman–Crippen LogP) is 3.86. The summed E-state index contributed by atoms with van der Waals surface area (Å²) in [5.41, 5.74) is 0.742. The SMILES string of the molecule is CC(CCCCC(=O)Nc1ccc(C(F)(F)F)cc1)NCCc1cnc[nH]1.O=C(O)C=CC(=O)O. The molecule has 0 aliphatic rings. The minimum atomic E-state index is -4.37. The molecule has 0 aliphatic carbocycles. The molecule has 0 radical (unpaired) electrons. The van der Waals surface area contributed by atoms with Crippen LogP contribution in [0.4, 0.5) is 18.9 Å². The zero-order valence-corrected chi connectivity index (χ0v) is 19.1. The van der Waals surface area contributed by atoms with Crippen LogP contribution in [0.3, 0.4) is 0 Å². The first kappa shape index (κ1) is 29.4. The van der Waals surface area contributed by atoms with E-state index < -0.39 is 23.7 Å². The number of aromatic amines is 1. The molecule has 2 aromatic rings. The fraction of sp³-hybridized carbons (Fsp3) is 0.391. The van der Waals surface area contributed by atoms with Gasteiger partial charge in [0, 0.05) is 55.2 Å². The summed E-state index contributed by atoms with van der Waals surface area (Å²) < 4.78 is 37.5. The van der Waals surface area contributed by atoms with Crippen LogP contribution < -0.4 is 10.6 Å². The number of aliphatic carboxylic acids is 2. The van der Waals surface area contributed by atoms with Gasteiger partial charge in [-0.1, -0.05) is 6.42 Å². The molecule has 0 fully saturated rings. The number of alkyl halides is 3. The number of carboxylic acids is 2. The summed E-state index contributed by atoms with van der Waals surface area (Å²) in [6, 6.07) is 4.82. The lowest BCUT2D eigenvalue weighted by Crippen LogP contribution is -2.28. The maximum atomic E-state index is 12.5. The quantitative estimate of drug-likeness (QED) is 0.221. The van der Waals surface area contributed by atoms with E-state index in [0.29, 0.717) is 30.3 Å². The van der Waals surface area contributed by atoms with Crippen molar-refractivity contribution in [1.29, 1.82) is 0 Å². The molecule has 0 spiro atoms. The van der Waals surface area contributed by atoms with E-state index in [2.05, 4.69) is 27.5 Å². The van der Waals surface area contributed by atoms with Crippen LogP contribution in [-0.4, -0.2) is 50.6 Å². The van der Waals surface area contributed by atoms with Crippen molar-refractivity contribution < 1.29 is 37.8 Å². The fourth-order valence-electron chi connectivity index (χ4n) is 2.82. The lowest BCUT2D eigenvalue weighted by molar-refractivity contribution is -0.137. The highest BCUT2D eigenvalue weighted by Crippen LogP contribution is 2.29. The summed E-state index contributed by atoms with van der Waals surface area (Å²) in [6.45, 7) is 2.97. The number of anilines is 1. The molecule has 2 rings (SSSR count). The summed E-state index contributed by atoms with van der Waals surface area (Å²) in [5, 5.41) is 21.7. The average Bonchev–Trinajstić information content (AvgIpc) is 3.29. The topological polar surface area (TPSA) is 144 Å². The van der Waals surface area contributed by atoms with E-state index >= 15 is 0 Å². The van der Waals surface area contributed by atoms with Crippen molar-refractivity contribution in [3.8, 4) is 0 Å². The van der Waals surface area contributed by atoms with E-state index in [-0.39, 0.29) is 5.91 Å². The largest absolute Gasteiger partial charge is 0.478 e. The summed E-state index contributed by atoms with van der Waals surface area (Å²) in [6.07, 6.45) is 4.04. The molecule has 1 heterocycles. The smallest absolute Gasteiger partial charge is 0.416 e. The molecule has 192 valence electrons. The van der Waals surface area contributed by atoms with Crippen LogP contribution in [0.5, 0.6) is 0 Å². The van der Waals surface area contributed by atoms with Gasteiger partial charge in [-0.15, -0.1) is 0 Å². The average molecular weight is 499 g/mol. The van der Waals surface area contributed by atoms with E-state index in [4.69, 9.17) is 10.2 Å². The van der Waals surface area contributed by atoms with Gasteiger partial charge in [-0.2, -0.15) is 13.2 Å². The number of hydrogen-bond donors (Lipinski definition) is 5. The number of amides is 1. The molecular formula is C23H29F3N4O5. The summed E-state index contributed by atoms with van der Waals surface area (Å²) in [7, 11) is 0. The number of carbonyl (C=O) groups excluding carboxylic acids is 1. The number of H-pyrrole nitrogens is 1. The molecule has 1 atom stereocenters. The number of carbonyl (C=O) groups is 3. The molecule has 0 aliphatic heterocycles. The van der Waals surface area contributed by atoms with Crippen molar-refractivity contribution in [1.82, 2.24) is 15.3 Å². The maximum Gasteiger partial charge on any atom is 0.416 e. The van der Waals surface area contributed by atoms with Crippen molar-refractivity contribution in [3.05, 3.63) is 60.2 Å². The molecule has 1 aromatic heterocycles. The molecule has 1 amide bonds. The molecule has 1 aromatic carbocycles. The Hall–Kier alpha value is -3.67. The van der Waals surface area contributed by atoms with Gasteiger partial charge < -0.3 is 25.8 Å². The van der Waals surface area contributed by atoms with E-state index in [1.807, 2.05) is 6.20 Å². The Labute approximate surface area is 200 Å². The number of benzene rings is 1. The highest BCUT2D eigenvalue weighted by molar-refractivity contribution is 5.90. The maximum absolute atomic E-state index is 12.5. The second kappa shape index (κ2) is 15.3. The van der Waals surface area contributed by atoms with Crippen LogP contribution in [0.25, 0.3) is 0 Å². The number of nitrogens with zero attached hydrogens (tertiary/aromatic N) is 1. The van der Waals surface area contributed by atoms with E-state index in [0.717, 1.165) is 50.1 Å². The summed E-state index contributed by atoms with van der Waals surface area (Å²) >= 11 is 0. The molecule has 35 heavy (non-hydrogen) atoms. The van der Waals surface area contributed by atoms with Gasteiger partial charge in [0.15, 0.2) is 0 Å². The Morgan fingerprint density at radius 2 is 1.71 bits per heavy atom. The van der Waals surface area contributed by atoms with Crippen LogP contribution >= 0.6 is 0 Å². The molecule has 5 N–H and O–H groups in total. The molecular weight excluding hydrogens is 469 g/mol. The van der Waals surface area contributed by atoms with Gasteiger partial charge in [0.1, 0.15) is 0 Å². The second-order valence-corrected chi connectivity index (χ2v) is 7.56. The summed E-state index contributed by atoms with van der Waals surface area (Å²) in [5.74, 6) is -2.70. The summed E-state index contributed by atoms with van der Waals surface area (Å²) in [4.78, 5) is 38.0. The fourth-order valence-corrected chi connectivity index (χ4v) is 2.82. The van der Waals surface area contributed by atoms with Gasteiger partial charge in [-0.3, -0.25) is 4.79 Å². The number of unbranched alkanes of at least 4 members (excludes halogenated alkanes) is 1. The van der Waals surface area contributed by atoms with Gasteiger partial charge in [0.25, 0.3) is 0 Å². The van der Waals surface area contributed by atoms with Crippen molar-refractivity contribution in [2.24, 2.45) is 0 Å². The third-order valence-corrected chi connectivity index (χ3v) is 4.60. The molecule has 1 unspecified atom stereocenters. The Balaban J connectivity index is 0.000000658. The molecule has 0 saturated carbocycles. The lowest BCUT2D eigenvalue weighted by atomic mass is 10.1. The van der Waals surface area contributed by atoms with Crippen molar-refractivity contribution >= 4 is 23.5 Å². The van der Waals surface area contributed by atoms with E-state index in [9.17, 15) is 27.6 Å². The van der Waals surface area contributed by atoms with Crippen molar-refractivity contribution in [3.63, 3.8) is 0 Å². The number of carboxylic acid groups (broad SMARTS) is 2. The Morgan fingerprint density at radius 3 is 2.23 bits per heavy atom. The monoisotopic (exact) mass is 498 g/mol. The van der Waals surface area contributed by atoms with Crippen molar-refractivity contribution in [2.45, 2.75) is 51.2 Å². The molecule has 12 heteroatoms. The van der Waals surface area contributed by atoms with Gasteiger partial charge in [0.05, 0.1) is 11.9 Å². The van der Waals surface area contributed by atoms with Gasteiger partial charge in [-0.05, 0) is 44.0 Å². The molecule has 0 bridgehead atoms. The van der Waals surface area contributed by atoms with E-state index in [1.54, 1.807) is 6.33 Å². The van der Waals surface area contributed by atoms with Crippen LogP contribution in [0.1, 0.15) is 43.9 Å². The van der Waals surface area contributed by atoms with Crippen molar-refractivity contribution in [2.75, 3.05) is 11.9 Å². The standard InChI is InChI=1S/C19H25F3N4O.C4H4O4/c1-14(24-11-10-17-12-23-13-25-17)4-2-3-5-18(27)26-16-8-6-15(7-9-16)19(20,21)22;5-3(6)1-2-4(7)8/h6-9,12-14,24H,2-5,10-11H2,1H3,(H,23,25)(H,26,27);1-2H,(H,5,6)(H,7,8). The molecule has 0 saturated heterocycles. The number of halogens is 3.